The summed E-state index contributed by atoms with van der Waals surface area (Å²) in [6.07, 6.45) is 1.36. The summed E-state index contributed by atoms with van der Waals surface area (Å²) >= 11 is 0. The molecule has 0 fully saturated rings. The lowest BCUT2D eigenvalue weighted by Gasteiger charge is -2.31. The number of carbonyl (C=O) groups is 3. The molecule has 178 valence electrons. The van der Waals surface area contributed by atoms with Crippen molar-refractivity contribution in [2.24, 2.45) is 11.8 Å². The predicted molar refractivity (Wildman–Crippen MR) is 128 cm³/mol. The predicted octanol–water partition coefficient (Wildman–Crippen LogP) is 4.04. The van der Waals surface area contributed by atoms with Crippen LogP contribution in [0.4, 0.5) is 4.79 Å². The van der Waals surface area contributed by atoms with E-state index in [1.807, 2.05) is 38.1 Å². The molecule has 0 bridgehead atoms. The summed E-state index contributed by atoms with van der Waals surface area (Å²) < 4.78 is 5.59. The van der Waals surface area contributed by atoms with Crippen molar-refractivity contribution in [3.8, 4) is 11.1 Å². The number of alkyl carbamates (subject to hydrolysis) is 1. The molecule has 4 rings (SSSR count). The highest BCUT2D eigenvalue weighted by atomic mass is 16.5. The van der Waals surface area contributed by atoms with E-state index in [1.54, 1.807) is 11.0 Å². The third-order valence-corrected chi connectivity index (χ3v) is 6.73. The molecule has 7 heteroatoms. The minimum atomic E-state index is -0.940. The summed E-state index contributed by atoms with van der Waals surface area (Å²) in [4.78, 5) is 38.3. The van der Waals surface area contributed by atoms with Crippen molar-refractivity contribution in [2.45, 2.75) is 26.2 Å². The SMILES string of the molecule is CC(C)C(CNC(=O)OCC1c2ccccc2-c2ccccc21)C(=O)N1CC=C(C(=O)O)CC1. The van der Waals surface area contributed by atoms with Gasteiger partial charge in [-0.2, -0.15) is 0 Å². The van der Waals surface area contributed by atoms with Gasteiger partial charge in [0.15, 0.2) is 0 Å². The molecular formula is C27H30N2O5. The number of amides is 2. The number of aliphatic carboxylic acids is 1. The lowest BCUT2D eigenvalue weighted by molar-refractivity contribution is -0.138. The lowest BCUT2D eigenvalue weighted by Crippen LogP contribution is -2.45. The van der Waals surface area contributed by atoms with Gasteiger partial charge < -0.3 is 20.1 Å². The molecule has 1 heterocycles. The lowest BCUT2D eigenvalue weighted by atomic mass is 9.93. The monoisotopic (exact) mass is 462 g/mol. The van der Waals surface area contributed by atoms with Crippen molar-refractivity contribution in [1.29, 1.82) is 0 Å². The van der Waals surface area contributed by atoms with Crippen molar-refractivity contribution in [2.75, 3.05) is 26.2 Å². The maximum atomic E-state index is 13.0. The summed E-state index contributed by atoms with van der Waals surface area (Å²) in [5.74, 6) is -1.46. The first-order valence-electron chi connectivity index (χ1n) is 11.7. The minimum Gasteiger partial charge on any atom is -0.478 e. The fourth-order valence-electron chi connectivity index (χ4n) is 4.75. The summed E-state index contributed by atoms with van der Waals surface area (Å²) in [6.45, 7) is 4.89. The normalized spacial score (nSPS) is 15.9. The Bertz CT molecular complexity index is 1080. The van der Waals surface area contributed by atoms with E-state index in [0.717, 1.165) is 11.1 Å². The first-order chi connectivity index (χ1) is 16.4. The molecule has 0 spiro atoms. The molecule has 1 atom stereocenters. The molecule has 0 saturated carbocycles. The second-order valence-electron chi connectivity index (χ2n) is 9.13. The molecule has 0 saturated heterocycles. The number of ether oxygens (including phenoxy) is 1. The quantitative estimate of drug-likeness (QED) is 0.647. The van der Waals surface area contributed by atoms with Crippen LogP contribution < -0.4 is 5.32 Å². The maximum absolute atomic E-state index is 13.0. The average molecular weight is 463 g/mol. The van der Waals surface area contributed by atoms with Crippen molar-refractivity contribution >= 4 is 18.0 Å². The topological polar surface area (TPSA) is 95.9 Å². The van der Waals surface area contributed by atoms with Crippen LogP contribution in [-0.4, -0.2) is 54.2 Å². The molecule has 0 aromatic heterocycles. The first kappa shape index (κ1) is 23.5. The fraction of sp³-hybridized carbons (Fsp3) is 0.370. The molecule has 1 unspecified atom stereocenters. The summed E-state index contributed by atoms with van der Waals surface area (Å²) in [5.41, 5.74) is 4.96. The van der Waals surface area contributed by atoms with E-state index < -0.39 is 18.0 Å². The Kier molecular flexibility index (Phi) is 7.01. The highest BCUT2D eigenvalue weighted by Crippen LogP contribution is 2.44. The zero-order chi connectivity index (χ0) is 24.2. The molecular weight excluding hydrogens is 432 g/mol. The zero-order valence-electron chi connectivity index (χ0n) is 19.5. The van der Waals surface area contributed by atoms with Crippen molar-refractivity contribution in [1.82, 2.24) is 10.2 Å². The van der Waals surface area contributed by atoms with E-state index in [1.165, 1.54) is 11.1 Å². The third kappa shape index (κ3) is 4.83. The Labute approximate surface area is 199 Å². The van der Waals surface area contributed by atoms with Crippen LogP contribution in [0, 0.1) is 11.8 Å². The number of hydrogen-bond acceptors (Lipinski definition) is 4. The van der Waals surface area contributed by atoms with Crippen LogP contribution in [0.25, 0.3) is 11.1 Å². The Morgan fingerprint density at radius 2 is 1.68 bits per heavy atom. The Balaban J connectivity index is 1.34. The highest BCUT2D eigenvalue weighted by molar-refractivity contribution is 5.88. The number of carbonyl (C=O) groups excluding carboxylic acids is 2. The van der Waals surface area contributed by atoms with Gasteiger partial charge in [0.05, 0.1) is 5.92 Å². The van der Waals surface area contributed by atoms with Crippen LogP contribution in [-0.2, 0) is 14.3 Å². The van der Waals surface area contributed by atoms with Gasteiger partial charge in [0.2, 0.25) is 5.91 Å². The average Bonchev–Trinajstić information content (AvgIpc) is 3.16. The Morgan fingerprint density at radius 1 is 1.06 bits per heavy atom. The number of nitrogens with zero attached hydrogens (tertiary/aromatic N) is 1. The van der Waals surface area contributed by atoms with Crippen LogP contribution in [0.2, 0.25) is 0 Å². The van der Waals surface area contributed by atoms with Gasteiger partial charge in [0.1, 0.15) is 6.61 Å². The molecule has 7 nitrogen and oxygen atoms in total. The molecule has 1 aliphatic heterocycles. The van der Waals surface area contributed by atoms with E-state index in [-0.39, 0.29) is 37.4 Å². The summed E-state index contributed by atoms with van der Waals surface area (Å²) in [6, 6.07) is 16.3. The molecule has 34 heavy (non-hydrogen) atoms. The second kappa shape index (κ2) is 10.1. The van der Waals surface area contributed by atoms with Crippen molar-refractivity contribution in [3.63, 3.8) is 0 Å². The first-order valence-corrected chi connectivity index (χ1v) is 11.7. The van der Waals surface area contributed by atoms with Gasteiger partial charge in [-0.3, -0.25) is 4.79 Å². The molecule has 2 aliphatic rings. The van der Waals surface area contributed by atoms with Gasteiger partial charge >= 0.3 is 12.1 Å². The van der Waals surface area contributed by atoms with Gasteiger partial charge in [-0.05, 0) is 34.6 Å². The van der Waals surface area contributed by atoms with Crippen molar-refractivity contribution < 1.29 is 24.2 Å². The zero-order valence-corrected chi connectivity index (χ0v) is 19.5. The largest absolute Gasteiger partial charge is 0.478 e. The maximum Gasteiger partial charge on any atom is 0.407 e. The van der Waals surface area contributed by atoms with E-state index in [9.17, 15) is 14.4 Å². The van der Waals surface area contributed by atoms with Crippen LogP contribution in [0.1, 0.15) is 37.3 Å². The van der Waals surface area contributed by atoms with E-state index >= 15 is 0 Å². The smallest absolute Gasteiger partial charge is 0.407 e. The van der Waals surface area contributed by atoms with E-state index in [2.05, 4.69) is 29.6 Å². The van der Waals surface area contributed by atoms with Gasteiger partial charge in [-0.1, -0.05) is 68.5 Å². The standard InChI is InChI=1S/C27H30N2O5/c1-17(2)23(25(30)29-13-11-18(12-14-29)26(31)32)15-28-27(33)34-16-24-21-9-5-3-7-19(21)20-8-4-6-10-22(20)24/h3-11,17,23-24H,12-16H2,1-2H3,(H,28,33)(H,31,32). The fourth-order valence-corrected chi connectivity index (χ4v) is 4.75. The highest BCUT2D eigenvalue weighted by Gasteiger charge is 2.31. The third-order valence-electron chi connectivity index (χ3n) is 6.73. The summed E-state index contributed by atoms with van der Waals surface area (Å²) in [7, 11) is 0. The number of nitrogens with one attached hydrogen (secondary N) is 1. The van der Waals surface area contributed by atoms with Gasteiger partial charge in [-0.25, -0.2) is 9.59 Å². The molecule has 2 aromatic rings. The van der Waals surface area contributed by atoms with Crippen LogP contribution in [0.5, 0.6) is 0 Å². The molecule has 0 radical (unpaired) electrons. The van der Waals surface area contributed by atoms with Gasteiger partial charge in [0, 0.05) is 31.1 Å². The van der Waals surface area contributed by atoms with Gasteiger partial charge in [0.25, 0.3) is 0 Å². The number of fused-ring (bicyclic) bond motifs is 3. The van der Waals surface area contributed by atoms with E-state index in [4.69, 9.17) is 9.84 Å². The number of carboxylic acid groups (broad SMARTS) is 1. The number of hydrogen-bond donors (Lipinski definition) is 2. The number of rotatable bonds is 7. The number of benzene rings is 2. The van der Waals surface area contributed by atoms with Crippen LogP contribution in [0.3, 0.4) is 0 Å². The Morgan fingerprint density at radius 3 is 2.21 bits per heavy atom. The van der Waals surface area contributed by atoms with Crippen molar-refractivity contribution in [3.05, 3.63) is 71.3 Å². The van der Waals surface area contributed by atoms with Gasteiger partial charge in [-0.15, -0.1) is 0 Å². The minimum absolute atomic E-state index is 0.00577. The molecule has 2 amide bonds. The second-order valence-corrected chi connectivity index (χ2v) is 9.13. The molecule has 2 N–H and O–H groups in total. The number of carboxylic acids is 1. The van der Waals surface area contributed by atoms with E-state index in [0.29, 0.717) is 18.5 Å². The Hall–Kier alpha value is -3.61. The van der Waals surface area contributed by atoms with Crippen LogP contribution in [0.15, 0.2) is 60.2 Å². The summed E-state index contributed by atoms with van der Waals surface area (Å²) in [5, 5.41) is 11.9. The molecule has 1 aliphatic carbocycles. The van der Waals surface area contributed by atoms with Crippen LogP contribution >= 0.6 is 0 Å². The molecule has 2 aromatic carbocycles.